The van der Waals surface area contributed by atoms with Crippen LogP contribution in [0.2, 0.25) is 0 Å². The molecule has 0 amide bonds. The summed E-state index contributed by atoms with van der Waals surface area (Å²) < 4.78 is 5.58. The lowest BCUT2D eigenvalue weighted by atomic mass is 10.0. The molecule has 1 heterocycles. The lowest BCUT2D eigenvalue weighted by Gasteiger charge is -2.35. The van der Waals surface area contributed by atoms with Gasteiger partial charge in [-0.25, -0.2) is 0 Å². The Morgan fingerprint density at radius 1 is 0.812 bits per heavy atom. The van der Waals surface area contributed by atoms with Gasteiger partial charge in [0, 0.05) is 52.9 Å². The molecule has 5 nitrogen and oxygen atoms in total. The summed E-state index contributed by atoms with van der Waals surface area (Å²) in [6, 6.07) is 27.2. The Hall–Kier alpha value is -2.86. The van der Waals surface area contributed by atoms with Gasteiger partial charge in [-0.3, -0.25) is 9.80 Å². The molecule has 1 aliphatic heterocycles. The fourth-order valence-electron chi connectivity index (χ4n) is 4.25. The average molecular weight is 432 g/mol. The SMILES string of the molecule is CN(CCN1CCN(Cc2ccccc2)CC1)c1ccc(-c2ccccc2)cc1OCO. The number of rotatable bonds is 9. The molecule has 0 radical (unpaired) electrons. The van der Waals surface area contributed by atoms with Crippen molar-refractivity contribution in [1.29, 1.82) is 0 Å². The molecule has 5 heteroatoms. The van der Waals surface area contributed by atoms with Gasteiger partial charge in [0.25, 0.3) is 0 Å². The summed E-state index contributed by atoms with van der Waals surface area (Å²) in [5, 5.41) is 9.40. The molecular formula is C27H33N3O2. The van der Waals surface area contributed by atoms with Crippen molar-refractivity contribution in [3.8, 4) is 16.9 Å². The summed E-state index contributed by atoms with van der Waals surface area (Å²) >= 11 is 0. The van der Waals surface area contributed by atoms with Gasteiger partial charge in [-0.1, -0.05) is 66.7 Å². The normalized spacial score (nSPS) is 14.9. The van der Waals surface area contributed by atoms with E-state index in [0.29, 0.717) is 5.75 Å². The molecule has 3 aromatic rings. The highest BCUT2D eigenvalue weighted by Gasteiger charge is 2.18. The third-order valence-corrected chi connectivity index (χ3v) is 6.16. The van der Waals surface area contributed by atoms with E-state index in [1.807, 2.05) is 24.3 Å². The predicted molar refractivity (Wildman–Crippen MR) is 131 cm³/mol. The smallest absolute Gasteiger partial charge is 0.186 e. The molecule has 32 heavy (non-hydrogen) atoms. The van der Waals surface area contributed by atoms with Gasteiger partial charge >= 0.3 is 0 Å². The minimum Gasteiger partial charge on any atom is -0.466 e. The van der Waals surface area contributed by atoms with Crippen LogP contribution >= 0.6 is 0 Å². The van der Waals surface area contributed by atoms with Crippen LogP contribution < -0.4 is 9.64 Å². The maximum Gasteiger partial charge on any atom is 0.186 e. The lowest BCUT2D eigenvalue weighted by Crippen LogP contribution is -2.47. The standard InChI is InChI=1S/C27H33N3O2/c1-28(14-15-29-16-18-30(19-17-29)21-23-8-4-2-5-9-23)26-13-12-25(20-27(26)32-22-31)24-10-6-3-7-11-24/h2-13,20,31H,14-19,21-22H2,1H3. The zero-order valence-corrected chi connectivity index (χ0v) is 18.9. The summed E-state index contributed by atoms with van der Waals surface area (Å²) in [4.78, 5) is 7.28. The molecule has 0 saturated carbocycles. The van der Waals surface area contributed by atoms with Crippen molar-refractivity contribution in [2.24, 2.45) is 0 Å². The molecule has 0 aromatic heterocycles. The maximum atomic E-state index is 9.40. The Balaban J connectivity index is 1.31. The summed E-state index contributed by atoms with van der Waals surface area (Å²) in [5.74, 6) is 0.712. The Morgan fingerprint density at radius 3 is 2.16 bits per heavy atom. The molecule has 3 aromatic carbocycles. The van der Waals surface area contributed by atoms with Gasteiger partial charge in [0.05, 0.1) is 5.69 Å². The predicted octanol–water partition coefficient (Wildman–Crippen LogP) is 3.94. The van der Waals surface area contributed by atoms with Gasteiger partial charge in [0.2, 0.25) is 0 Å². The third-order valence-electron chi connectivity index (χ3n) is 6.16. The second-order valence-electron chi connectivity index (χ2n) is 8.35. The molecule has 0 unspecified atom stereocenters. The van der Waals surface area contributed by atoms with Crippen LogP contribution in [0.3, 0.4) is 0 Å². The number of aliphatic hydroxyl groups is 1. The molecule has 1 saturated heterocycles. The third kappa shape index (κ3) is 5.88. The topological polar surface area (TPSA) is 39.2 Å². The summed E-state index contributed by atoms with van der Waals surface area (Å²) in [6.07, 6.45) is 0. The quantitative estimate of drug-likeness (QED) is 0.520. The van der Waals surface area contributed by atoms with Crippen molar-refractivity contribution in [2.45, 2.75) is 6.54 Å². The first-order valence-corrected chi connectivity index (χ1v) is 11.4. The maximum absolute atomic E-state index is 9.40. The Morgan fingerprint density at radius 2 is 1.47 bits per heavy atom. The second-order valence-corrected chi connectivity index (χ2v) is 8.35. The van der Waals surface area contributed by atoms with E-state index < -0.39 is 0 Å². The molecule has 1 fully saturated rings. The minimum atomic E-state index is -0.331. The van der Waals surface area contributed by atoms with Crippen molar-refractivity contribution in [2.75, 3.05) is 58.0 Å². The first-order valence-electron chi connectivity index (χ1n) is 11.4. The Labute approximate surface area is 191 Å². The van der Waals surface area contributed by atoms with Gasteiger partial charge in [0.15, 0.2) is 6.79 Å². The van der Waals surface area contributed by atoms with E-state index in [-0.39, 0.29) is 6.79 Å². The van der Waals surface area contributed by atoms with Crippen LogP contribution in [0.15, 0.2) is 78.9 Å². The van der Waals surface area contributed by atoms with Crippen LogP contribution in [0, 0.1) is 0 Å². The molecule has 168 valence electrons. The number of nitrogens with zero attached hydrogens (tertiary/aromatic N) is 3. The molecule has 0 aliphatic carbocycles. The fourth-order valence-corrected chi connectivity index (χ4v) is 4.25. The van der Waals surface area contributed by atoms with Crippen LogP contribution in [-0.4, -0.2) is 68.0 Å². The van der Waals surface area contributed by atoms with E-state index in [1.54, 1.807) is 0 Å². The van der Waals surface area contributed by atoms with E-state index in [1.165, 1.54) is 5.56 Å². The summed E-state index contributed by atoms with van der Waals surface area (Å²) in [6.45, 7) is 7.00. The molecule has 1 N–H and O–H groups in total. The van der Waals surface area contributed by atoms with Crippen LogP contribution in [-0.2, 0) is 6.54 Å². The van der Waals surface area contributed by atoms with Crippen LogP contribution in [0.25, 0.3) is 11.1 Å². The van der Waals surface area contributed by atoms with E-state index >= 15 is 0 Å². The minimum absolute atomic E-state index is 0.331. The first-order chi connectivity index (χ1) is 15.7. The van der Waals surface area contributed by atoms with Gasteiger partial charge in [-0.05, 0) is 28.8 Å². The first kappa shape index (κ1) is 22.3. The van der Waals surface area contributed by atoms with Crippen molar-refractivity contribution in [3.63, 3.8) is 0 Å². The number of aliphatic hydroxyl groups excluding tert-OH is 1. The lowest BCUT2D eigenvalue weighted by molar-refractivity contribution is 0.0989. The van der Waals surface area contributed by atoms with Crippen molar-refractivity contribution >= 4 is 5.69 Å². The number of likely N-dealkylation sites (N-methyl/N-ethyl adjacent to an activating group) is 1. The van der Waals surface area contributed by atoms with Gasteiger partial charge < -0.3 is 14.7 Å². The second kappa shape index (κ2) is 11.1. The average Bonchev–Trinajstić information content (AvgIpc) is 2.85. The highest BCUT2D eigenvalue weighted by molar-refractivity contribution is 5.71. The number of hydrogen-bond donors (Lipinski definition) is 1. The van der Waals surface area contributed by atoms with E-state index in [9.17, 15) is 5.11 Å². The summed E-state index contributed by atoms with van der Waals surface area (Å²) in [7, 11) is 2.09. The van der Waals surface area contributed by atoms with Crippen LogP contribution in [0.5, 0.6) is 5.75 Å². The van der Waals surface area contributed by atoms with Gasteiger partial charge in [-0.15, -0.1) is 0 Å². The molecule has 0 spiro atoms. The highest BCUT2D eigenvalue weighted by Crippen LogP contribution is 2.33. The summed E-state index contributed by atoms with van der Waals surface area (Å²) in [5.41, 5.74) is 4.61. The Kier molecular flexibility index (Phi) is 7.77. The van der Waals surface area contributed by atoms with Gasteiger partial charge in [-0.2, -0.15) is 0 Å². The number of benzene rings is 3. The molecule has 1 aliphatic rings. The van der Waals surface area contributed by atoms with E-state index in [4.69, 9.17) is 4.74 Å². The van der Waals surface area contributed by atoms with Crippen molar-refractivity contribution in [1.82, 2.24) is 9.80 Å². The highest BCUT2D eigenvalue weighted by atomic mass is 16.6. The van der Waals surface area contributed by atoms with Crippen molar-refractivity contribution < 1.29 is 9.84 Å². The fraction of sp³-hybridized carbons (Fsp3) is 0.333. The zero-order valence-electron chi connectivity index (χ0n) is 18.9. The van der Waals surface area contributed by atoms with E-state index in [2.05, 4.69) is 76.3 Å². The number of piperazine rings is 1. The number of hydrogen-bond acceptors (Lipinski definition) is 5. The number of anilines is 1. The molecule has 0 bridgehead atoms. The number of ether oxygens (including phenoxy) is 1. The zero-order chi connectivity index (χ0) is 22.2. The van der Waals surface area contributed by atoms with Gasteiger partial charge in [0.1, 0.15) is 5.75 Å². The molecular weight excluding hydrogens is 398 g/mol. The van der Waals surface area contributed by atoms with E-state index in [0.717, 1.165) is 62.6 Å². The molecule has 0 atom stereocenters. The van der Waals surface area contributed by atoms with Crippen LogP contribution in [0.4, 0.5) is 5.69 Å². The molecule has 4 rings (SSSR count). The van der Waals surface area contributed by atoms with Crippen molar-refractivity contribution in [3.05, 3.63) is 84.4 Å². The monoisotopic (exact) mass is 431 g/mol. The largest absolute Gasteiger partial charge is 0.466 e. The Bertz CT molecular complexity index is 957. The van der Waals surface area contributed by atoms with Crippen LogP contribution in [0.1, 0.15) is 5.56 Å².